The smallest absolute Gasteiger partial charge is 0.337 e. The van der Waals surface area contributed by atoms with Crippen molar-refractivity contribution in [1.29, 1.82) is 0 Å². The van der Waals surface area contributed by atoms with Crippen molar-refractivity contribution in [3.63, 3.8) is 0 Å². The summed E-state index contributed by atoms with van der Waals surface area (Å²) in [6, 6.07) is 7.49. The number of morpholine rings is 1. The Morgan fingerprint density at radius 3 is 2.71 bits per heavy atom. The van der Waals surface area contributed by atoms with Crippen LogP contribution in [0.3, 0.4) is 0 Å². The molecule has 0 bridgehead atoms. The Morgan fingerprint density at radius 1 is 1.17 bits per heavy atom. The van der Waals surface area contributed by atoms with E-state index >= 15 is 0 Å². The number of carbonyl (C=O) groups is 1. The number of aromatic carboxylic acids is 1. The molecule has 24 heavy (non-hydrogen) atoms. The molecule has 1 aliphatic heterocycles. The summed E-state index contributed by atoms with van der Waals surface area (Å²) in [4.78, 5) is 25.1. The summed E-state index contributed by atoms with van der Waals surface area (Å²) in [5.74, 6) is -0.0480. The molecule has 0 amide bonds. The van der Waals surface area contributed by atoms with Crippen LogP contribution in [0.15, 0.2) is 36.7 Å². The molecule has 3 aromatic rings. The van der Waals surface area contributed by atoms with Crippen LogP contribution >= 0.6 is 0 Å². The number of hydrogen-bond donors (Lipinski definition) is 2. The van der Waals surface area contributed by atoms with Crippen LogP contribution in [0.2, 0.25) is 0 Å². The molecule has 2 N–H and O–H groups in total. The number of fused-ring (bicyclic) bond motifs is 1. The second kappa shape index (κ2) is 5.93. The number of anilines is 1. The third-order valence-corrected chi connectivity index (χ3v) is 4.11. The number of ether oxygens (including phenoxy) is 1. The number of aromatic amines is 1. The highest BCUT2D eigenvalue weighted by Gasteiger charge is 2.13. The van der Waals surface area contributed by atoms with E-state index in [1.165, 1.54) is 6.20 Å². The average molecular weight is 324 g/mol. The van der Waals surface area contributed by atoms with E-state index in [9.17, 15) is 4.79 Å². The van der Waals surface area contributed by atoms with E-state index in [-0.39, 0.29) is 5.56 Å². The molecule has 0 aromatic carbocycles. The molecule has 0 atom stereocenters. The molecule has 3 aromatic heterocycles. The topological polar surface area (TPSA) is 91.3 Å². The Bertz CT molecular complexity index is 882. The molecule has 0 aliphatic carbocycles. The average Bonchev–Trinajstić information content (AvgIpc) is 3.06. The quantitative estimate of drug-likeness (QED) is 0.767. The molecular weight excluding hydrogens is 308 g/mol. The van der Waals surface area contributed by atoms with Gasteiger partial charge in [0.05, 0.1) is 18.8 Å². The summed E-state index contributed by atoms with van der Waals surface area (Å²) in [5, 5.41) is 9.81. The van der Waals surface area contributed by atoms with Crippen molar-refractivity contribution in [3.8, 4) is 11.3 Å². The highest BCUT2D eigenvalue weighted by atomic mass is 16.5. The van der Waals surface area contributed by atoms with Crippen LogP contribution in [-0.4, -0.2) is 52.3 Å². The zero-order valence-corrected chi connectivity index (χ0v) is 12.9. The van der Waals surface area contributed by atoms with Crippen molar-refractivity contribution in [3.05, 3.63) is 42.2 Å². The minimum absolute atomic E-state index is 0.175. The van der Waals surface area contributed by atoms with Crippen molar-refractivity contribution in [2.45, 2.75) is 0 Å². The maximum atomic E-state index is 11.0. The number of hydrogen-bond acceptors (Lipinski definition) is 5. The van der Waals surface area contributed by atoms with Gasteiger partial charge in [-0.1, -0.05) is 0 Å². The zero-order valence-electron chi connectivity index (χ0n) is 12.9. The first-order chi connectivity index (χ1) is 11.7. The lowest BCUT2D eigenvalue weighted by Gasteiger charge is -2.27. The Balaban J connectivity index is 1.63. The van der Waals surface area contributed by atoms with Gasteiger partial charge in [0.15, 0.2) is 0 Å². The first kappa shape index (κ1) is 14.6. The van der Waals surface area contributed by atoms with Crippen LogP contribution in [-0.2, 0) is 4.74 Å². The molecule has 1 aliphatic rings. The molecule has 0 saturated carbocycles. The highest BCUT2D eigenvalue weighted by Crippen LogP contribution is 2.24. The van der Waals surface area contributed by atoms with Crippen LogP contribution in [0, 0.1) is 0 Å². The van der Waals surface area contributed by atoms with Gasteiger partial charge >= 0.3 is 5.97 Å². The van der Waals surface area contributed by atoms with Crippen molar-refractivity contribution >= 4 is 22.8 Å². The number of H-pyrrole nitrogens is 1. The lowest BCUT2D eigenvalue weighted by Crippen LogP contribution is -2.36. The summed E-state index contributed by atoms with van der Waals surface area (Å²) in [6.07, 6.45) is 3.17. The molecule has 4 heterocycles. The third-order valence-electron chi connectivity index (χ3n) is 4.11. The molecule has 0 spiro atoms. The molecule has 122 valence electrons. The van der Waals surface area contributed by atoms with E-state index in [0.29, 0.717) is 5.65 Å². The van der Waals surface area contributed by atoms with Crippen LogP contribution in [0.4, 0.5) is 5.82 Å². The SMILES string of the molecule is O=C(O)c1cnc2[nH]c(-c3ccc(N4CCOCC4)nc3)cc2c1. The molecule has 1 saturated heterocycles. The Morgan fingerprint density at radius 2 is 2.00 bits per heavy atom. The van der Waals surface area contributed by atoms with Crippen molar-refractivity contribution < 1.29 is 14.6 Å². The number of carboxylic acids is 1. The minimum atomic E-state index is -0.983. The number of carboxylic acid groups (broad SMARTS) is 1. The first-order valence-electron chi connectivity index (χ1n) is 7.72. The molecule has 7 heteroatoms. The van der Waals surface area contributed by atoms with Gasteiger partial charge in [-0.05, 0) is 24.3 Å². The predicted octanol–water partition coefficient (Wildman–Crippen LogP) is 2.16. The fraction of sp³-hybridized carbons (Fsp3) is 0.235. The maximum Gasteiger partial charge on any atom is 0.337 e. The van der Waals surface area contributed by atoms with Crippen LogP contribution < -0.4 is 4.90 Å². The Labute approximate surface area is 137 Å². The molecule has 7 nitrogen and oxygen atoms in total. The Kier molecular flexibility index (Phi) is 3.62. The van der Waals surface area contributed by atoms with E-state index in [2.05, 4.69) is 19.9 Å². The number of pyridine rings is 2. The lowest BCUT2D eigenvalue weighted by atomic mass is 10.2. The van der Waals surface area contributed by atoms with Crippen LogP contribution in [0.1, 0.15) is 10.4 Å². The van der Waals surface area contributed by atoms with E-state index in [0.717, 1.165) is 48.8 Å². The van der Waals surface area contributed by atoms with Gasteiger partial charge in [0, 0.05) is 42.1 Å². The van der Waals surface area contributed by atoms with Gasteiger partial charge in [-0.2, -0.15) is 0 Å². The standard InChI is InChI=1S/C17H16N4O3/c22-17(23)13-7-12-8-14(20-16(12)19-10-13)11-1-2-15(18-9-11)21-3-5-24-6-4-21/h1-2,7-10H,3-6H2,(H,19,20)(H,22,23). The van der Waals surface area contributed by atoms with Crippen LogP contribution in [0.25, 0.3) is 22.3 Å². The van der Waals surface area contributed by atoms with Gasteiger partial charge in [0.25, 0.3) is 0 Å². The molecule has 4 rings (SSSR count). The maximum absolute atomic E-state index is 11.0. The van der Waals surface area contributed by atoms with Gasteiger partial charge in [-0.15, -0.1) is 0 Å². The normalized spacial score (nSPS) is 14.9. The van der Waals surface area contributed by atoms with Crippen molar-refractivity contribution in [2.75, 3.05) is 31.2 Å². The van der Waals surface area contributed by atoms with Crippen molar-refractivity contribution in [2.24, 2.45) is 0 Å². The van der Waals surface area contributed by atoms with Gasteiger partial charge in [-0.25, -0.2) is 14.8 Å². The van der Waals surface area contributed by atoms with Gasteiger partial charge < -0.3 is 19.7 Å². The summed E-state index contributed by atoms with van der Waals surface area (Å²) in [7, 11) is 0. The number of nitrogens with one attached hydrogen (secondary N) is 1. The summed E-state index contributed by atoms with van der Waals surface area (Å²) >= 11 is 0. The number of aromatic nitrogens is 3. The van der Waals surface area contributed by atoms with E-state index in [4.69, 9.17) is 9.84 Å². The predicted molar refractivity (Wildman–Crippen MR) is 89.3 cm³/mol. The third kappa shape index (κ3) is 2.69. The second-order valence-electron chi connectivity index (χ2n) is 5.65. The minimum Gasteiger partial charge on any atom is -0.478 e. The van der Waals surface area contributed by atoms with Gasteiger partial charge in [-0.3, -0.25) is 0 Å². The second-order valence-corrected chi connectivity index (χ2v) is 5.65. The van der Waals surface area contributed by atoms with E-state index in [1.54, 1.807) is 6.07 Å². The lowest BCUT2D eigenvalue weighted by molar-refractivity contribution is 0.0696. The summed E-state index contributed by atoms with van der Waals surface area (Å²) in [5.41, 5.74) is 2.63. The number of rotatable bonds is 3. The first-order valence-corrected chi connectivity index (χ1v) is 7.72. The molecule has 1 fully saturated rings. The highest BCUT2D eigenvalue weighted by molar-refractivity contribution is 5.93. The largest absolute Gasteiger partial charge is 0.478 e. The summed E-state index contributed by atoms with van der Waals surface area (Å²) < 4.78 is 5.35. The summed E-state index contributed by atoms with van der Waals surface area (Å²) in [6.45, 7) is 3.15. The van der Waals surface area contributed by atoms with Gasteiger partial charge in [0.1, 0.15) is 11.5 Å². The van der Waals surface area contributed by atoms with Gasteiger partial charge in [0.2, 0.25) is 0 Å². The molecule has 0 unspecified atom stereocenters. The fourth-order valence-electron chi connectivity index (χ4n) is 2.81. The number of nitrogens with zero attached hydrogens (tertiary/aromatic N) is 3. The molecular formula is C17H16N4O3. The van der Waals surface area contributed by atoms with E-state index in [1.807, 2.05) is 24.4 Å². The Hall–Kier alpha value is -2.93. The molecule has 0 radical (unpaired) electrons. The van der Waals surface area contributed by atoms with Crippen LogP contribution in [0.5, 0.6) is 0 Å². The fourth-order valence-corrected chi connectivity index (χ4v) is 2.81. The zero-order chi connectivity index (χ0) is 16.5. The van der Waals surface area contributed by atoms with Crippen molar-refractivity contribution in [1.82, 2.24) is 15.0 Å². The monoisotopic (exact) mass is 324 g/mol. The van der Waals surface area contributed by atoms with E-state index < -0.39 is 5.97 Å².